The summed E-state index contributed by atoms with van der Waals surface area (Å²) in [6, 6.07) is 7.37. The number of rotatable bonds is 6. The van der Waals surface area contributed by atoms with E-state index in [-0.39, 0.29) is 44.5 Å². The molecule has 3 aliphatic heterocycles. The number of hydrogen-bond donors (Lipinski definition) is 3. The Morgan fingerprint density at radius 3 is 2.48 bits per heavy atom. The molecule has 5 amide bonds. The molecule has 1 saturated heterocycles. The second kappa shape index (κ2) is 16.2. The van der Waals surface area contributed by atoms with E-state index in [2.05, 4.69) is 10.6 Å². The number of benzene rings is 2. The Kier molecular flexibility index (Phi) is 11.7. The molecule has 1 saturated carbocycles. The van der Waals surface area contributed by atoms with E-state index < -0.39 is 92.6 Å². The average molecular weight is 800 g/mol. The lowest BCUT2D eigenvalue weighted by Gasteiger charge is -2.30. The summed E-state index contributed by atoms with van der Waals surface area (Å²) in [6.07, 6.45) is 3.53. The van der Waals surface area contributed by atoms with Crippen LogP contribution in [0.25, 0.3) is 0 Å². The lowest BCUT2D eigenvalue weighted by atomic mass is 10.0. The van der Waals surface area contributed by atoms with E-state index in [9.17, 15) is 41.2 Å². The predicted molar refractivity (Wildman–Crippen MR) is 198 cm³/mol. The first-order valence-corrected chi connectivity index (χ1v) is 20.4. The van der Waals surface area contributed by atoms with Gasteiger partial charge in [-0.1, -0.05) is 55.3 Å². The van der Waals surface area contributed by atoms with Gasteiger partial charge in [-0.25, -0.2) is 26.8 Å². The molecule has 6 rings (SSSR count). The molecule has 4 aliphatic rings. The normalized spacial score (nSPS) is 26.0. The number of fused-ring (bicyclic) bond motifs is 3. The summed E-state index contributed by atoms with van der Waals surface area (Å²) in [6.45, 7) is 4.84. The Bertz CT molecular complexity index is 2020. The van der Waals surface area contributed by atoms with Crippen molar-refractivity contribution in [1.82, 2.24) is 25.2 Å². The fourth-order valence-electron chi connectivity index (χ4n) is 7.43. The highest BCUT2D eigenvalue weighted by molar-refractivity contribution is 7.89. The molecule has 2 aromatic carbocycles. The summed E-state index contributed by atoms with van der Waals surface area (Å²) in [4.78, 5) is 71.3. The highest BCUT2D eigenvalue weighted by Crippen LogP contribution is 2.46. The van der Waals surface area contributed by atoms with Gasteiger partial charge in [-0.2, -0.15) is 0 Å². The molecule has 302 valence electrons. The topological polar surface area (TPSA) is 181 Å². The molecule has 0 bridgehead atoms. The Balaban J connectivity index is 1.25. The van der Waals surface area contributed by atoms with E-state index in [4.69, 9.17) is 9.47 Å². The number of amides is 5. The number of hydrogen-bond acceptors (Lipinski definition) is 9. The van der Waals surface area contributed by atoms with Gasteiger partial charge in [0.15, 0.2) is 0 Å². The molecule has 0 aromatic heterocycles. The van der Waals surface area contributed by atoms with Crippen molar-refractivity contribution in [2.24, 2.45) is 5.92 Å². The van der Waals surface area contributed by atoms with Crippen molar-refractivity contribution < 1.29 is 50.6 Å². The quantitative estimate of drug-likeness (QED) is 0.359. The van der Waals surface area contributed by atoms with Crippen LogP contribution in [0.15, 0.2) is 54.6 Å². The Labute approximate surface area is 324 Å². The smallest absolute Gasteiger partial charge is 0.410 e. The largest absolute Gasteiger partial charge is 0.444 e. The zero-order chi connectivity index (χ0) is 40.4. The summed E-state index contributed by atoms with van der Waals surface area (Å²) in [5.74, 6) is -5.12. The average Bonchev–Trinajstić information content (AvgIpc) is 3.40. The van der Waals surface area contributed by atoms with Gasteiger partial charge in [-0.3, -0.25) is 24.0 Å². The molecule has 3 heterocycles. The molecule has 3 N–H and O–H groups in total. The van der Waals surface area contributed by atoms with Crippen LogP contribution in [0.2, 0.25) is 0 Å². The van der Waals surface area contributed by atoms with Crippen molar-refractivity contribution in [3.8, 4) is 0 Å². The maximum atomic E-state index is 14.5. The van der Waals surface area contributed by atoms with Crippen LogP contribution in [0.3, 0.4) is 0 Å². The van der Waals surface area contributed by atoms with Gasteiger partial charge in [-0.15, -0.1) is 0 Å². The van der Waals surface area contributed by atoms with Gasteiger partial charge in [0, 0.05) is 30.0 Å². The first-order chi connectivity index (χ1) is 26.4. The second-order valence-electron chi connectivity index (χ2n) is 15.8. The number of carbonyl (C=O) groups is 5. The first kappa shape index (κ1) is 40.6. The van der Waals surface area contributed by atoms with Gasteiger partial charge < -0.3 is 25.0 Å². The van der Waals surface area contributed by atoms with Crippen molar-refractivity contribution in [1.29, 1.82) is 0 Å². The van der Waals surface area contributed by atoms with Crippen LogP contribution in [0.1, 0.15) is 82.4 Å². The lowest BCUT2D eigenvalue weighted by molar-refractivity contribution is -0.141. The lowest BCUT2D eigenvalue weighted by Crippen LogP contribution is -2.58. The Morgan fingerprint density at radius 1 is 1.00 bits per heavy atom. The van der Waals surface area contributed by atoms with Crippen LogP contribution in [0, 0.1) is 17.6 Å². The molecule has 2 fully saturated rings. The van der Waals surface area contributed by atoms with Crippen molar-refractivity contribution in [3.63, 3.8) is 0 Å². The summed E-state index contributed by atoms with van der Waals surface area (Å²) in [5, 5.41) is 5.37. The number of sulfonamides is 1. The number of alkyl carbamates (subject to hydrolysis) is 1. The number of nitrogens with one attached hydrogen (secondary N) is 3. The van der Waals surface area contributed by atoms with Crippen molar-refractivity contribution >= 4 is 39.9 Å². The van der Waals surface area contributed by atoms with Crippen LogP contribution in [0.5, 0.6) is 0 Å². The van der Waals surface area contributed by atoms with Gasteiger partial charge in [0.05, 0.1) is 18.8 Å². The highest BCUT2D eigenvalue weighted by atomic mass is 32.2. The molecule has 56 heavy (non-hydrogen) atoms. The molecule has 17 heteroatoms. The summed E-state index contributed by atoms with van der Waals surface area (Å²) in [7, 11) is -4.43. The maximum Gasteiger partial charge on any atom is 0.410 e. The Morgan fingerprint density at radius 2 is 1.75 bits per heavy atom. The van der Waals surface area contributed by atoms with Crippen LogP contribution in [0.4, 0.5) is 18.4 Å². The van der Waals surface area contributed by atoms with Crippen LogP contribution in [-0.4, -0.2) is 84.0 Å². The maximum absolute atomic E-state index is 14.5. The first-order valence-electron chi connectivity index (χ1n) is 18.7. The summed E-state index contributed by atoms with van der Waals surface area (Å²) in [5.41, 5.74) is -1.76. The molecule has 1 aliphatic carbocycles. The van der Waals surface area contributed by atoms with Crippen LogP contribution in [-0.2, 0) is 52.7 Å². The van der Waals surface area contributed by atoms with E-state index in [1.54, 1.807) is 39.0 Å². The van der Waals surface area contributed by atoms with Crippen molar-refractivity contribution in [3.05, 3.63) is 82.9 Å². The monoisotopic (exact) mass is 799 g/mol. The third-order valence-electron chi connectivity index (χ3n) is 10.3. The van der Waals surface area contributed by atoms with Gasteiger partial charge in [-0.05, 0) is 64.2 Å². The summed E-state index contributed by atoms with van der Waals surface area (Å²) >= 11 is 0. The number of carbonyl (C=O) groups excluding carboxylic acids is 5. The van der Waals surface area contributed by atoms with E-state index in [0.717, 1.165) is 6.07 Å². The number of halogens is 2. The molecular formula is C39H47F2N5O9S. The highest BCUT2D eigenvalue weighted by Gasteiger charge is 2.61. The molecular weight excluding hydrogens is 753 g/mol. The predicted octanol–water partition coefficient (Wildman–Crippen LogP) is 4.32. The van der Waals surface area contributed by atoms with Gasteiger partial charge in [0.1, 0.15) is 41.0 Å². The number of nitrogens with zero attached hydrogens (tertiary/aromatic N) is 2. The Hall–Kier alpha value is -5.06. The minimum atomic E-state index is -4.43. The standard InChI is InChI=1S/C39H47F2N5O9S/c1-38(2,3)55-36(50)42-31-17-8-6-4-5-7-14-26-19-39(26,35(49)44-56(52,53)23-25-12-9-10-15-29(25)40)43-33(47)32-18-27(21-46(32)34(31)48)54-37(51)45-20-24-13-11-16-30(41)28(24)22-45/h7,9-16,26-27,31-32H,4-6,8,17-23H2,1-3H3,(H,42,50)(H,43,47)(H,44,49)/b14-7-/t26-,27+,31-,32-,39+/m0/s1. The van der Waals surface area contributed by atoms with Gasteiger partial charge >= 0.3 is 12.2 Å². The van der Waals surface area contributed by atoms with E-state index in [1.165, 1.54) is 34.1 Å². The van der Waals surface area contributed by atoms with E-state index in [1.807, 2.05) is 10.8 Å². The minimum absolute atomic E-state index is 0.0334. The number of ether oxygens (including phenoxy) is 2. The fourth-order valence-corrected chi connectivity index (χ4v) is 8.61. The molecule has 0 unspecified atom stereocenters. The third kappa shape index (κ3) is 9.48. The fraction of sp³-hybridized carbons (Fsp3) is 0.513. The second-order valence-corrected chi connectivity index (χ2v) is 17.5. The number of allylic oxidation sites excluding steroid dienone is 1. The molecule has 0 spiro atoms. The molecule has 2 aromatic rings. The molecule has 5 atom stereocenters. The summed E-state index contributed by atoms with van der Waals surface area (Å²) < 4.78 is 68.3. The van der Waals surface area contributed by atoms with Crippen LogP contribution >= 0.6 is 0 Å². The molecule has 14 nitrogen and oxygen atoms in total. The van der Waals surface area contributed by atoms with Gasteiger partial charge in [0.25, 0.3) is 5.91 Å². The van der Waals surface area contributed by atoms with E-state index >= 15 is 0 Å². The van der Waals surface area contributed by atoms with Gasteiger partial charge in [0.2, 0.25) is 21.8 Å². The minimum Gasteiger partial charge on any atom is -0.444 e. The zero-order valence-electron chi connectivity index (χ0n) is 31.5. The third-order valence-corrected chi connectivity index (χ3v) is 11.5. The SMILES string of the molecule is CC(C)(C)OC(=O)N[C@H]1CCCCC/C=C\[C@H]2C[C@@]2(C(=O)NS(=O)(=O)Cc2ccccc2F)NC(=O)[C@@H]2C[C@@H](OC(=O)N3Cc4cccc(F)c4C3)CN2C1=O. The van der Waals surface area contributed by atoms with Crippen molar-refractivity contribution in [2.75, 3.05) is 6.54 Å². The van der Waals surface area contributed by atoms with E-state index in [0.29, 0.717) is 36.8 Å². The van der Waals surface area contributed by atoms with Crippen LogP contribution < -0.4 is 15.4 Å². The molecule has 0 radical (unpaired) electrons. The zero-order valence-corrected chi connectivity index (χ0v) is 32.3. The van der Waals surface area contributed by atoms with Crippen molar-refractivity contribution in [2.45, 2.75) is 114 Å².